The minimum Gasteiger partial charge on any atom is -0.466 e. The molecule has 1 saturated heterocycles. The number of piperidine rings is 1. The molecule has 4 heteroatoms. The molecule has 1 aliphatic rings. The molecule has 2 aromatic rings. The maximum absolute atomic E-state index is 11.5. The molecular formula is C27H37NO3. The summed E-state index contributed by atoms with van der Waals surface area (Å²) >= 11 is 0. The van der Waals surface area contributed by atoms with Gasteiger partial charge in [-0.05, 0) is 55.3 Å². The highest BCUT2D eigenvalue weighted by molar-refractivity contribution is 5.69. The zero-order valence-corrected chi connectivity index (χ0v) is 19.3. The number of nitrogens with zero attached hydrogens (tertiary/aromatic N) is 1. The minimum atomic E-state index is -0.0880. The molecule has 0 radical (unpaired) electrons. The van der Waals surface area contributed by atoms with Crippen molar-refractivity contribution < 1.29 is 14.3 Å². The lowest BCUT2D eigenvalue weighted by Crippen LogP contribution is -2.38. The number of rotatable bonds is 10. The Labute approximate surface area is 187 Å². The van der Waals surface area contributed by atoms with Crippen LogP contribution in [0.4, 0.5) is 0 Å². The molecule has 168 valence electrons. The number of hydrogen-bond donors (Lipinski definition) is 0. The standard InChI is InChI=1S/C27H37NO3/c1-4-30-26(29)11-8-18-28-19-16-25(17-20-28)31-27(23-9-6-5-7-10-23)24-14-12-22(13-15-24)21(2)3/h5-7,9-10,12-15,21,25,27H,4,8,11,16-20H2,1-3H3. The third-order valence-electron chi connectivity index (χ3n) is 6.03. The Morgan fingerprint density at radius 2 is 1.58 bits per heavy atom. The van der Waals surface area contributed by atoms with Crippen LogP contribution in [-0.2, 0) is 14.3 Å². The zero-order chi connectivity index (χ0) is 22.1. The smallest absolute Gasteiger partial charge is 0.305 e. The SMILES string of the molecule is CCOC(=O)CCCN1CCC(OC(c2ccccc2)c2ccc(C(C)C)cc2)CC1. The highest BCUT2D eigenvalue weighted by atomic mass is 16.5. The van der Waals surface area contributed by atoms with E-state index in [-0.39, 0.29) is 18.2 Å². The van der Waals surface area contributed by atoms with Gasteiger partial charge in [-0.25, -0.2) is 0 Å². The molecule has 0 bridgehead atoms. The maximum atomic E-state index is 11.5. The van der Waals surface area contributed by atoms with Gasteiger partial charge in [0, 0.05) is 19.5 Å². The van der Waals surface area contributed by atoms with E-state index in [1.807, 2.05) is 6.92 Å². The Morgan fingerprint density at radius 3 is 2.19 bits per heavy atom. The Hall–Kier alpha value is -2.17. The van der Waals surface area contributed by atoms with E-state index in [1.54, 1.807) is 0 Å². The molecule has 0 spiro atoms. The quantitative estimate of drug-likeness (QED) is 0.458. The second-order valence-electron chi connectivity index (χ2n) is 8.70. The Kier molecular flexibility index (Phi) is 9.11. The summed E-state index contributed by atoms with van der Waals surface area (Å²) in [5, 5.41) is 0. The van der Waals surface area contributed by atoms with E-state index in [2.05, 4.69) is 73.3 Å². The predicted molar refractivity (Wildman–Crippen MR) is 125 cm³/mol. The van der Waals surface area contributed by atoms with E-state index >= 15 is 0 Å². The summed E-state index contributed by atoms with van der Waals surface area (Å²) in [4.78, 5) is 14.0. The van der Waals surface area contributed by atoms with Crippen molar-refractivity contribution in [3.8, 4) is 0 Å². The van der Waals surface area contributed by atoms with Gasteiger partial charge in [0.25, 0.3) is 0 Å². The largest absolute Gasteiger partial charge is 0.466 e. The average molecular weight is 424 g/mol. The maximum Gasteiger partial charge on any atom is 0.305 e. The topological polar surface area (TPSA) is 38.8 Å². The summed E-state index contributed by atoms with van der Waals surface area (Å²) in [6.07, 6.45) is 3.62. The van der Waals surface area contributed by atoms with Gasteiger partial charge in [-0.15, -0.1) is 0 Å². The van der Waals surface area contributed by atoms with Crippen LogP contribution in [0.1, 0.15) is 75.2 Å². The van der Waals surface area contributed by atoms with Gasteiger partial charge in [-0.1, -0.05) is 68.4 Å². The summed E-state index contributed by atoms with van der Waals surface area (Å²) in [5.41, 5.74) is 3.77. The normalized spacial score (nSPS) is 16.4. The van der Waals surface area contributed by atoms with Crippen LogP contribution in [0, 0.1) is 0 Å². The highest BCUT2D eigenvalue weighted by Gasteiger charge is 2.25. The fourth-order valence-electron chi connectivity index (χ4n) is 4.17. The van der Waals surface area contributed by atoms with E-state index in [0.29, 0.717) is 18.9 Å². The molecule has 3 rings (SSSR count). The van der Waals surface area contributed by atoms with E-state index in [1.165, 1.54) is 16.7 Å². The van der Waals surface area contributed by atoms with Gasteiger partial charge in [0.15, 0.2) is 0 Å². The first-order valence-corrected chi connectivity index (χ1v) is 11.7. The van der Waals surface area contributed by atoms with Gasteiger partial charge in [0.1, 0.15) is 6.10 Å². The van der Waals surface area contributed by atoms with Crippen molar-refractivity contribution in [2.75, 3.05) is 26.2 Å². The highest BCUT2D eigenvalue weighted by Crippen LogP contribution is 2.31. The van der Waals surface area contributed by atoms with Gasteiger partial charge >= 0.3 is 5.97 Å². The van der Waals surface area contributed by atoms with Crippen LogP contribution in [-0.4, -0.2) is 43.2 Å². The van der Waals surface area contributed by atoms with Crippen molar-refractivity contribution in [2.24, 2.45) is 0 Å². The molecule has 1 unspecified atom stereocenters. The van der Waals surface area contributed by atoms with Crippen molar-refractivity contribution in [3.05, 3.63) is 71.3 Å². The number of likely N-dealkylation sites (tertiary alicyclic amines) is 1. The molecule has 1 atom stereocenters. The molecule has 4 nitrogen and oxygen atoms in total. The minimum absolute atomic E-state index is 0.0391. The van der Waals surface area contributed by atoms with Gasteiger partial charge in [-0.3, -0.25) is 4.79 Å². The predicted octanol–water partition coefficient (Wildman–Crippen LogP) is 5.72. The van der Waals surface area contributed by atoms with E-state index in [0.717, 1.165) is 38.9 Å². The molecule has 0 N–H and O–H groups in total. The molecule has 31 heavy (non-hydrogen) atoms. The summed E-state index contributed by atoms with van der Waals surface area (Å²) in [7, 11) is 0. The molecule has 0 aromatic heterocycles. The Bertz CT molecular complexity index is 780. The molecule has 2 aromatic carbocycles. The first kappa shape index (κ1) is 23.5. The van der Waals surface area contributed by atoms with E-state index in [4.69, 9.17) is 9.47 Å². The average Bonchev–Trinajstić information content (AvgIpc) is 2.79. The summed E-state index contributed by atoms with van der Waals surface area (Å²) < 4.78 is 11.7. The van der Waals surface area contributed by atoms with E-state index in [9.17, 15) is 4.79 Å². The molecule has 0 aliphatic carbocycles. The number of carbonyl (C=O) groups excluding carboxylic acids is 1. The van der Waals surface area contributed by atoms with Crippen LogP contribution in [0.2, 0.25) is 0 Å². The van der Waals surface area contributed by atoms with Crippen molar-refractivity contribution in [1.29, 1.82) is 0 Å². The number of ether oxygens (including phenoxy) is 2. The monoisotopic (exact) mass is 423 g/mol. The van der Waals surface area contributed by atoms with Crippen molar-refractivity contribution in [3.63, 3.8) is 0 Å². The Morgan fingerprint density at radius 1 is 0.968 bits per heavy atom. The lowest BCUT2D eigenvalue weighted by molar-refractivity contribution is -0.143. The van der Waals surface area contributed by atoms with Gasteiger partial charge < -0.3 is 14.4 Å². The number of hydrogen-bond acceptors (Lipinski definition) is 4. The fraction of sp³-hybridized carbons (Fsp3) is 0.519. The van der Waals surface area contributed by atoms with Crippen LogP contribution in [0.15, 0.2) is 54.6 Å². The molecule has 0 amide bonds. The molecule has 1 fully saturated rings. The number of benzene rings is 2. The van der Waals surface area contributed by atoms with Crippen LogP contribution >= 0.6 is 0 Å². The van der Waals surface area contributed by atoms with Gasteiger partial charge in [0.05, 0.1) is 12.7 Å². The lowest BCUT2D eigenvalue weighted by atomic mass is 9.96. The zero-order valence-electron chi connectivity index (χ0n) is 19.3. The first-order valence-electron chi connectivity index (χ1n) is 11.7. The van der Waals surface area contributed by atoms with Crippen molar-refractivity contribution >= 4 is 5.97 Å². The second kappa shape index (κ2) is 12.0. The Balaban J connectivity index is 1.57. The summed E-state index contributed by atoms with van der Waals surface area (Å²) in [6, 6.07) is 19.4. The summed E-state index contributed by atoms with van der Waals surface area (Å²) in [6.45, 7) is 9.74. The first-order chi connectivity index (χ1) is 15.1. The summed E-state index contributed by atoms with van der Waals surface area (Å²) in [5.74, 6) is 0.438. The molecular weight excluding hydrogens is 386 g/mol. The number of carbonyl (C=O) groups is 1. The molecule has 0 saturated carbocycles. The van der Waals surface area contributed by atoms with Crippen molar-refractivity contribution in [2.45, 2.75) is 64.6 Å². The third kappa shape index (κ3) is 7.19. The molecule has 1 aliphatic heterocycles. The van der Waals surface area contributed by atoms with Crippen molar-refractivity contribution in [1.82, 2.24) is 4.90 Å². The third-order valence-corrected chi connectivity index (χ3v) is 6.03. The molecule has 1 heterocycles. The van der Waals surface area contributed by atoms with Crippen LogP contribution in [0.5, 0.6) is 0 Å². The van der Waals surface area contributed by atoms with Crippen LogP contribution in [0.25, 0.3) is 0 Å². The fourth-order valence-corrected chi connectivity index (χ4v) is 4.17. The second-order valence-corrected chi connectivity index (χ2v) is 8.70. The van der Waals surface area contributed by atoms with Gasteiger partial charge in [-0.2, -0.15) is 0 Å². The number of esters is 1. The van der Waals surface area contributed by atoms with Crippen LogP contribution < -0.4 is 0 Å². The lowest BCUT2D eigenvalue weighted by Gasteiger charge is -2.34. The van der Waals surface area contributed by atoms with Crippen LogP contribution in [0.3, 0.4) is 0 Å². The van der Waals surface area contributed by atoms with Gasteiger partial charge in [0.2, 0.25) is 0 Å². The van der Waals surface area contributed by atoms with E-state index < -0.39 is 0 Å².